The standard InChI is InChI=1S/C38H60N6O9/c1-2-38(25-53-37(50)44-24-34-11-5-8-31(18-34)21-41-28-47,12-14-51-35(48)42-22-32-9-3-6-29(16-32)19-39-26-45)13-15-52-36(49)43-23-33-10-4-7-30(17-33)20-40-27-46/h29-34H,2-25H2,1H3,(H,42,48)(H,43,49)(H,44,50). The highest BCUT2D eigenvalue weighted by Gasteiger charge is 2.32. The second kappa shape index (κ2) is 25.1. The molecule has 0 spiro atoms. The molecule has 0 aromatic heterocycles. The van der Waals surface area contributed by atoms with Crippen LogP contribution in [0.3, 0.4) is 0 Å². The summed E-state index contributed by atoms with van der Waals surface area (Å²) in [7, 11) is 0. The summed E-state index contributed by atoms with van der Waals surface area (Å²) in [6.45, 7) is 5.00. The summed E-state index contributed by atoms with van der Waals surface area (Å²) in [5.74, 6) is 1.78. The lowest BCUT2D eigenvalue weighted by Gasteiger charge is -2.32. The average Bonchev–Trinajstić information content (AvgIpc) is 3.18. The predicted molar refractivity (Wildman–Crippen MR) is 195 cm³/mol. The molecule has 0 aromatic rings. The van der Waals surface area contributed by atoms with Crippen molar-refractivity contribution < 1.29 is 43.0 Å². The summed E-state index contributed by atoms with van der Waals surface area (Å²) in [5.41, 5.74) is -0.619. The maximum Gasteiger partial charge on any atom is 0.407 e. The minimum atomic E-state index is -0.619. The van der Waals surface area contributed by atoms with Crippen LogP contribution >= 0.6 is 0 Å². The molecule has 3 aliphatic carbocycles. The molecule has 6 unspecified atom stereocenters. The first-order chi connectivity index (χ1) is 25.8. The van der Waals surface area contributed by atoms with Gasteiger partial charge in [0.15, 0.2) is 0 Å². The number of amides is 3. The van der Waals surface area contributed by atoms with E-state index in [0.717, 1.165) is 77.0 Å². The van der Waals surface area contributed by atoms with Crippen LogP contribution in [-0.4, -0.2) is 95.6 Å². The fourth-order valence-electron chi connectivity index (χ4n) is 8.26. The van der Waals surface area contributed by atoms with E-state index in [9.17, 15) is 28.8 Å². The van der Waals surface area contributed by atoms with E-state index in [1.165, 1.54) is 0 Å². The SMILES string of the molecule is CCC(CCOC(=O)NCC1CCCC(CN=C=O)C1)(CCOC(=O)NCC1CCCC(CN=C=O)C1)COC(=O)NCC1CCCC(CN=C=O)C1. The van der Waals surface area contributed by atoms with E-state index < -0.39 is 23.7 Å². The molecule has 3 saturated carbocycles. The van der Waals surface area contributed by atoms with Crippen molar-refractivity contribution in [2.24, 2.45) is 55.9 Å². The van der Waals surface area contributed by atoms with Crippen LogP contribution in [0.4, 0.5) is 14.4 Å². The largest absolute Gasteiger partial charge is 0.450 e. The summed E-state index contributed by atoms with van der Waals surface area (Å²) < 4.78 is 16.9. The van der Waals surface area contributed by atoms with Crippen molar-refractivity contribution in [2.75, 3.05) is 59.1 Å². The Hall–Kier alpha value is -4.05. The van der Waals surface area contributed by atoms with Gasteiger partial charge in [-0.15, -0.1) is 0 Å². The summed E-state index contributed by atoms with van der Waals surface area (Å²) >= 11 is 0. The highest BCUT2D eigenvalue weighted by Crippen LogP contribution is 2.33. The van der Waals surface area contributed by atoms with Crippen molar-refractivity contribution in [1.29, 1.82) is 0 Å². The van der Waals surface area contributed by atoms with Crippen molar-refractivity contribution >= 4 is 36.5 Å². The van der Waals surface area contributed by atoms with Crippen LogP contribution < -0.4 is 16.0 Å². The maximum atomic E-state index is 12.9. The van der Waals surface area contributed by atoms with Crippen LogP contribution in [0.15, 0.2) is 15.0 Å². The second-order valence-corrected chi connectivity index (χ2v) is 15.3. The van der Waals surface area contributed by atoms with Gasteiger partial charge in [0, 0.05) is 25.0 Å². The van der Waals surface area contributed by atoms with Crippen LogP contribution in [0.25, 0.3) is 0 Å². The summed E-state index contributed by atoms with van der Waals surface area (Å²) in [6.07, 6.45) is 16.2. The van der Waals surface area contributed by atoms with Crippen molar-refractivity contribution in [3.63, 3.8) is 0 Å². The van der Waals surface area contributed by atoms with E-state index in [2.05, 4.69) is 30.9 Å². The summed E-state index contributed by atoms with van der Waals surface area (Å²) in [6, 6.07) is 0. The van der Waals surface area contributed by atoms with Gasteiger partial charge in [-0.1, -0.05) is 26.2 Å². The smallest absolute Gasteiger partial charge is 0.407 e. The Morgan fingerprint density at radius 2 is 0.906 bits per heavy atom. The van der Waals surface area contributed by atoms with Crippen LogP contribution in [-0.2, 0) is 28.6 Å². The third-order valence-electron chi connectivity index (χ3n) is 11.5. The van der Waals surface area contributed by atoms with Crippen LogP contribution in [0.1, 0.15) is 103 Å². The molecule has 0 radical (unpaired) electrons. The molecular formula is C38H60N6O9. The monoisotopic (exact) mass is 744 g/mol. The molecular weight excluding hydrogens is 684 g/mol. The van der Waals surface area contributed by atoms with Gasteiger partial charge < -0.3 is 30.2 Å². The number of carbonyl (C=O) groups excluding carboxylic acids is 6. The number of aliphatic imine (C=N–C) groups is 3. The molecule has 6 atom stereocenters. The number of nitrogens with zero attached hydrogens (tertiary/aromatic N) is 3. The van der Waals surface area contributed by atoms with Gasteiger partial charge in [0.2, 0.25) is 18.2 Å². The number of ether oxygens (including phenoxy) is 3. The van der Waals surface area contributed by atoms with E-state index >= 15 is 0 Å². The minimum absolute atomic E-state index is 0.0477. The topological polar surface area (TPSA) is 203 Å². The van der Waals surface area contributed by atoms with Gasteiger partial charge in [0.05, 0.1) is 39.5 Å². The highest BCUT2D eigenvalue weighted by atomic mass is 16.6. The van der Waals surface area contributed by atoms with Crippen molar-refractivity contribution in [3.05, 3.63) is 0 Å². The van der Waals surface area contributed by atoms with Crippen molar-refractivity contribution in [3.8, 4) is 0 Å². The van der Waals surface area contributed by atoms with E-state index in [4.69, 9.17) is 14.2 Å². The molecule has 3 N–H and O–H groups in total. The van der Waals surface area contributed by atoms with Gasteiger partial charge in [-0.2, -0.15) is 0 Å². The molecule has 0 aliphatic heterocycles. The zero-order valence-electron chi connectivity index (χ0n) is 31.5. The van der Waals surface area contributed by atoms with E-state index in [-0.39, 0.29) is 37.6 Å². The minimum Gasteiger partial charge on any atom is -0.450 e. The van der Waals surface area contributed by atoms with E-state index in [1.54, 1.807) is 18.2 Å². The lowest BCUT2D eigenvalue weighted by Crippen LogP contribution is -2.38. The lowest BCUT2D eigenvalue weighted by molar-refractivity contribution is 0.0320. The zero-order chi connectivity index (χ0) is 38.2. The quantitative estimate of drug-likeness (QED) is 0.0741. The molecule has 3 aliphatic rings. The highest BCUT2D eigenvalue weighted by molar-refractivity contribution is 5.68. The number of nitrogens with one attached hydrogen (secondary N) is 3. The Bertz CT molecular complexity index is 1220. The van der Waals surface area contributed by atoms with Gasteiger partial charge >= 0.3 is 18.3 Å². The summed E-state index contributed by atoms with van der Waals surface area (Å²) in [5, 5.41) is 8.63. The third kappa shape index (κ3) is 17.6. The van der Waals surface area contributed by atoms with Gasteiger partial charge in [-0.3, -0.25) is 0 Å². The molecule has 3 fully saturated rings. The number of isocyanates is 3. The van der Waals surface area contributed by atoms with E-state index in [0.29, 0.717) is 76.3 Å². The molecule has 0 heterocycles. The zero-order valence-corrected chi connectivity index (χ0v) is 31.5. The fourth-order valence-corrected chi connectivity index (χ4v) is 8.26. The fraction of sp³-hybridized carbons (Fsp3) is 0.842. The van der Waals surface area contributed by atoms with E-state index in [1.807, 2.05) is 6.92 Å². The Balaban J connectivity index is 1.48. The number of hydrogen-bond donors (Lipinski definition) is 3. The van der Waals surface area contributed by atoms with Gasteiger partial charge in [-0.05, 0) is 113 Å². The van der Waals surface area contributed by atoms with Gasteiger partial charge in [-0.25, -0.2) is 43.7 Å². The normalized spacial score (nSPS) is 25.1. The molecule has 0 saturated heterocycles. The van der Waals surface area contributed by atoms with Crippen LogP contribution in [0.5, 0.6) is 0 Å². The first-order valence-electron chi connectivity index (χ1n) is 19.6. The number of rotatable bonds is 21. The molecule has 15 heteroatoms. The summed E-state index contributed by atoms with van der Waals surface area (Å²) in [4.78, 5) is 80.9. The Morgan fingerprint density at radius 3 is 1.25 bits per heavy atom. The Morgan fingerprint density at radius 1 is 0.566 bits per heavy atom. The Kier molecular flexibility index (Phi) is 20.5. The predicted octanol–water partition coefficient (Wildman–Crippen LogP) is 5.77. The molecule has 3 amide bonds. The molecule has 296 valence electrons. The van der Waals surface area contributed by atoms with Crippen LogP contribution in [0, 0.1) is 40.9 Å². The third-order valence-corrected chi connectivity index (χ3v) is 11.5. The second-order valence-electron chi connectivity index (χ2n) is 15.3. The molecule has 0 bridgehead atoms. The molecule has 53 heavy (non-hydrogen) atoms. The maximum absolute atomic E-state index is 12.9. The number of hydrogen-bond acceptors (Lipinski definition) is 12. The van der Waals surface area contributed by atoms with Gasteiger partial charge in [0.25, 0.3) is 0 Å². The van der Waals surface area contributed by atoms with Gasteiger partial charge in [0.1, 0.15) is 0 Å². The molecule has 3 rings (SSSR count). The number of carbonyl (C=O) groups is 3. The van der Waals surface area contributed by atoms with Crippen LogP contribution in [0.2, 0.25) is 0 Å². The van der Waals surface area contributed by atoms with Crippen molar-refractivity contribution in [2.45, 2.75) is 103 Å². The Labute approximate surface area is 313 Å². The average molecular weight is 745 g/mol. The lowest BCUT2D eigenvalue weighted by atomic mass is 9.80. The molecule has 0 aromatic carbocycles. The van der Waals surface area contributed by atoms with Crippen molar-refractivity contribution in [1.82, 2.24) is 16.0 Å². The molecule has 15 nitrogen and oxygen atoms in total. The first kappa shape index (κ1) is 43.4. The first-order valence-corrected chi connectivity index (χ1v) is 19.6. The number of alkyl carbamates (subject to hydrolysis) is 3.